The van der Waals surface area contributed by atoms with Crippen molar-refractivity contribution >= 4 is 23.1 Å². The van der Waals surface area contributed by atoms with Gasteiger partial charge >= 0.3 is 0 Å². The van der Waals surface area contributed by atoms with E-state index in [-0.39, 0.29) is 11.3 Å². The van der Waals surface area contributed by atoms with Gasteiger partial charge in [0, 0.05) is 5.69 Å². The molecular weight excluding hydrogens is 264 g/mol. The molecule has 0 fully saturated rings. The van der Waals surface area contributed by atoms with Crippen molar-refractivity contribution in [2.75, 3.05) is 11.1 Å². The van der Waals surface area contributed by atoms with Crippen LogP contribution in [0.4, 0.5) is 17.2 Å². The van der Waals surface area contributed by atoms with E-state index in [9.17, 15) is 4.79 Å². The molecule has 2 rings (SSSR count). The quantitative estimate of drug-likeness (QED) is 0.786. The van der Waals surface area contributed by atoms with Gasteiger partial charge < -0.3 is 16.8 Å². The zero-order valence-corrected chi connectivity index (χ0v) is 12.3. The highest BCUT2D eigenvalue weighted by Gasteiger charge is 2.11. The van der Waals surface area contributed by atoms with Crippen LogP contribution in [0.5, 0.6) is 0 Å². The Kier molecular flexibility index (Phi) is 4.42. The lowest BCUT2D eigenvalue weighted by Gasteiger charge is -2.15. The van der Waals surface area contributed by atoms with E-state index < -0.39 is 5.91 Å². The molecule has 0 unspecified atom stereocenters. The SMILES string of the molecule is CCc1cccc(CC)c1Nc1cc(C(N)=O)c(N)cn1. The lowest BCUT2D eigenvalue weighted by molar-refractivity contribution is 0.100. The minimum absolute atomic E-state index is 0.277. The average molecular weight is 284 g/mol. The molecule has 0 spiro atoms. The number of carbonyl (C=O) groups excluding carboxylic acids is 1. The fourth-order valence-corrected chi connectivity index (χ4v) is 2.28. The summed E-state index contributed by atoms with van der Waals surface area (Å²) in [4.78, 5) is 15.6. The van der Waals surface area contributed by atoms with Gasteiger partial charge in [0.15, 0.2) is 0 Å². The van der Waals surface area contributed by atoms with Crippen LogP contribution in [0.25, 0.3) is 0 Å². The number of nitrogens with zero attached hydrogens (tertiary/aromatic N) is 1. The van der Waals surface area contributed by atoms with Crippen LogP contribution in [0.15, 0.2) is 30.5 Å². The maximum atomic E-state index is 11.4. The summed E-state index contributed by atoms with van der Waals surface area (Å²) < 4.78 is 0. The molecule has 1 heterocycles. The zero-order chi connectivity index (χ0) is 15.4. The number of hydrogen-bond donors (Lipinski definition) is 3. The number of anilines is 3. The molecule has 0 atom stereocenters. The summed E-state index contributed by atoms with van der Waals surface area (Å²) >= 11 is 0. The third-order valence-corrected chi connectivity index (χ3v) is 3.45. The number of para-hydroxylation sites is 1. The summed E-state index contributed by atoms with van der Waals surface area (Å²) in [6, 6.07) is 7.79. The Balaban J connectivity index is 2.43. The number of amides is 1. The van der Waals surface area contributed by atoms with Crippen molar-refractivity contribution in [3.8, 4) is 0 Å². The molecule has 0 aliphatic rings. The summed E-state index contributed by atoms with van der Waals surface area (Å²) in [5.41, 5.74) is 15.0. The average Bonchev–Trinajstić information content (AvgIpc) is 2.49. The number of aryl methyl sites for hydroxylation is 2. The monoisotopic (exact) mass is 284 g/mol. The van der Waals surface area contributed by atoms with Crippen LogP contribution in [-0.4, -0.2) is 10.9 Å². The van der Waals surface area contributed by atoms with Gasteiger partial charge in [-0.3, -0.25) is 4.79 Å². The fraction of sp³-hybridized carbons (Fsp3) is 0.250. The van der Waals surface area contributed by atoms with Crippen LogP contribution < -0.4 is 16.8 Å². The summed E-state index contributed by atoms with van der Waals surface area (Å²) in [7, 11) is 0. The largest absolute Gasteiger partial charge is 0.397 e. The molecule has 1 aromatic carbocycles. The Bertz CT molecular complexity index is 645. The summed E-state index contributed by atoms with van der Waals surface area (Å²) in [5.74, 6) is 0.00559. The van der Waals surface area contributed by atoms with Crippen LogP contribution in [0, 0.1) is 0 Å². The fourth-order valence-electron chi connectivity index (χ4n) is 2.28. The van der Waals surface area contributed by atoms with E-state index in [1.807, 2.05) is 6.07 Å². The summed E-state index contributed by atoms with van der Waals surface area (Å²) in [5, 5.41) is 3.29. The van der Waals surface area contributed by atoms with E-state index in [4.69, 9.17) is 11.5 Å². The molecule has 0 aliphatic carbocycles. The molecule has 0 aliphatic heterocycles. The van der Waals surface area contributed by atoms with E-state index >= 15 is 0 Å². The summed E-state index contributed by atoms with van der Waals surface area (Å²) in [6.45, 7) is 4.20. The molecule has 0 bridgehead atoms. The van der Waals surface area contributed by atoms with Gasteiger partial charge in [0.25, 0.3) is 5.91 Å². The Morgan fingerprint density at radius 3 is 2.38 bits per heavy atom. The van der Waals surface area contributed by atoms with Crippen LogP contribution in [-0.2, 0) is 12.8 Å². The number of rotatable bonds is 5. The number of hydrogen-bond acceptors (Lipinski definition) is 4. The molecule has 2 aromatic rings. The lowest BCUT2D eigenvalue weighted by atomic mass is 10.0. The minimum Gasteiger partial charge on any atom is -0.397 e. The van der Waals surface area contributed by atoms with Crippen molar-refractivity contribution in [1.29, 1.82) is 0 Å². The van der Waals surface area contributed by atoms with E-state index in [0.29, 0.717) is 5.82 Å². The van der Waals surface area contributed by atoms with Gasteiger partial charge in [-0.05, 0) is 30.0 Å². The van der Waals surface area contributed by atoms with Gasteiger partial charge in [0.05, 0.1) is 17.4 Å². The lowest BCUT2D eigenvalue weighted by Crippen LogP contribution is -2.14. The van der Waals surface area contributed by atoms with Crippen LogP contribution in [0.3, 0.4) is 0 Å². The van der Waals surface area contributed by atoms with Crippen LogP contribution >= 0.6 is 0 Å². The van der Waals surface area contributed by atoms with Crippen molar-refractivity contribution in [3.05, 3.63) is 47.2 Å². The number of pyridine rings is 1. The predicted octanol–water partition coefficient (Wildman–Crippen LogP) is 2.63. The number of nitrogens with two attached hydrogens (primary N) is 2. The third-order valence-electron chi connectivity index (χ3n) is 3.45. The van der Waals surface area contributed by atoms with Gasteiger partial charge in [-0.2, -0.15) is 0 Å². The predicted molar refractivity (Wildman–Crippen MR) is 85.6 cm³/mol. The first kappa shape index (κ1) is 14.8. The van der Waals surface area contributed by atoms with Gasteiger partial charge in [0.1, 0.15) is 5.82 Å². The second-order valence-corrected chi connectivity index (χ2v) is 4.80. The first-order valence-electron chi connectivity index (χ1n) is 6.99. The number of primary amides is 1. The van der Waals surface area contributed by atoms with Gasteiger partial charge in [-0.1, -0.05) is 32.0 Å². The Hall–Kier alpha value is -2.56. The first-order chi connectivity index (χ1) is 10.1. The molecule has 5 heteroatoms. The molecule has 1 aromatic heterocycles. The molecule has 0 saturated carbocycles. The topological polar surface area (TPSA) is 94.0 Å². The van der Waals surface area contributed by atoms with Gasteiger partial charge in [0.2, 0.25) is 0 Å². The van der Waals surface area contributed by atoms with E-state index in [2.05, 4.69) is 36.3 Å². The molecule has 5 nitrogen and oxygen atoms in total. The molecule has 21 heavy (non-hydrogen) atoms. The Morgan fingerprint density at radius 2 is 1.86 bits per heavy atom. The Morgan fingerprint density at radius 1 is 1.24 bits per heavy atom. The Labute approximate surface area is 124 Å². The number of benzene rings is 1. The zero-order valence-electron chi connectivity index (χ0n) is 12.3. The number of nitrogens with one attached hydrogen (secondary N) is 1. The highest BCUT2D eigenvalue weighted by Crippen LogP contribution is 2.26. The van der Waals surface area contributed by atoms with Crippen molar-refractivity contribution in [2.45, 2.75) is 26.7 Å². The highest BCUT2D eigenvalue weighted by atomic mass is 16.1. The van der Waals surface area contributed by atoms with Gasteiger partial charge in [-0.25, -0.2) is 4.98 Å². The first-order valence-corrected chi connectivity index (χ1v) is 6.99. The minimum atomic E-state index is -0.558. The number of carbonyl (C=O) groups is 1. The van der Waals surface area contributed by atoms with Crippen molar-refractivity contribution in [1.82, 2.24) is 4.98 Å². The van der Waals surface area contributed by atoms with E-state index in [1.54, 1.807) is 6.07 Å². The molecule has 110 valence electrons. The third kappa shape index (κ3) is 3.13. The maximum Gasteiger partial charge on any atom is 0.250 e. The molecule has 0 radical (unpaired) electrons. The van der Waals surface area contributed by atoms with E-state index in [1.165, 1.54) is 17.3 Å². The smallest absolute Gasteiger partial charge is 0.250 e. The van der Waals surface area contributed by atoms with Crippen molar-refractivity contribution in [2.24, 2.45) is 5.73 Å². The standard InChI is InChI=1S/C16H20N4O/c1-3-10-6-5-7-11(4-2)15(10)20-14-8-12(16(18)21)13(17)9-19-14/h5-9H,3-4,17H2,1-2H3,(H2,18,21)(H,19,20). The second-order valence-electron chi connectivity index (χ2n) is 4.80. The van der Waals surface area contributed by atoms with Crippen LogP contribution in [0.1, 0.15) is 35.3 Å². The van der Waals surface area contributed by atoms with Crippen molar-refractivity contribution < 1.29 is 4.79 Å². The van der Waals surface area contributed by atoms with Gasteiger partial charge in [-0.15, -0.1) is 0 Å². The number of aromatic nitrogens is 1. The molecule has 1 amide bonds. The molecule has 0 saturated heterocycles. The molecular formula is C16H20N4O. The summed E-state index contributed by atoms with van der Waals surface area (Å²) in [6.07, 6.45) is 3.27. The van der Waals surface area contributed by atoms with E-state index in [0.717, 1.165) is 18.5 Å². The number of nitrogen functional groups attached to an aromatic ring is 1. The molecule has 5 N–H and O–H groups in total. The highest BCUT2D eigenvalue weighted by molar-refractivity contribution is 5.98. The maximum absolute atomic E-state index is 11.4. The van der Waals surface area contributed by atoms with Crippen molar-refractivity contribution in [3.63, 3.8) is 0 Å². The normalized spacial score (nSPS) is 10.4. The van der Waals surface area contributed by atoms with Crippen LogP contribution in [0.2, 0.25) is 0 Å². The second kappa shape index (κ2) is 6.26.